The van der Waals surface area contributed by atoms with Crippen LogP contribution in [0.4, 0.5) is 0 Å². The first-order valence-electron chi connectivity index (χ1n) is 8.61. The number of aromatic nitrogens is 2. The number of nitrogens with zero attached hydrogens (tertiary/aromatic N) is 2. The molecule has 0 atom stereocenters. The molecule has 2 aromatic heterocycles. The highest BCUT2D eigenvalue weighted by atomic mass is 79.9. The van der Waals surface area contributed by atoms with Gasteiger partial charge in [-0.05, 0) is 57.4 Å². The van der Waals surface area contributed by atoms with Gasteiger partial charge in [-0.1, -0.05) is 30.3 Å². The summed E-state index contributed by atoms with van der Waals surface area (Å²) in [4.78, 5) is 16.7. The van der Waals surface area contributed by atoms with Crippen molar-refractivity contribution in [3.63, 3.8) is 0 Å². The molecule has 0 bridgehead atoms. The Kier molecular flexibility index (Phi) is 4.81. The average Bonchev–Trinajstić information content (AvgIpc) is 3.08. The van der Waals surface area contributed by atoms with Crippen molar-refractivity contribution in [1.29, 1.82) is 0 Å². The van der Waals surface area contributed by atoms with Gasteiger partial charge in [-0.3, -0.25) is 4.79 Å². The predicted octanol–water partition coefficient (Wildman–Crippen LogP) is 4.25. The summed E-state index contributed by atoms with van der Waals surface area (Å²) in [5, 5.41) is 5.01. The van der Waals surface area contributed by atoms with Crippen LogP contribution in [-0.4, -0.2) is 21.9 Å². The number of rotatable bonds is 5. The van der Waals surface area contributed by atoms with Gasteiger partial charge in [0.05, 0.1) is 16.7 Å². The number of nitrogens with one attached hydrogen (secondary N) is 1. The Morgan fingerprint density at radius 1 is 1.22 bits per heavy atom. The Hall–Kier alpha value is -2.86. The van der Waals surface area contributed by atoms with Crippen LogP contribution in [0, 0.1) is 6.92 Å². The normalized spacial score (nSPS) is 11.0. The van der Waals surface area contributed by atoms with E-state index >= 15 is 0 Å². The largest absolute Gasteiger partial charge is 0.483 e. The number of amides is 1. The number of aryl methyl sites for hydroxylation is 1. The van der Waals surface area contributed by atoms with Gasteiger partial charge in [-0.2, -0.15) is 0 Å². The minimum atomic E-state index is -0.191. The van der Waals surface area contributed by atoms with Gasteiger partial charge in [0.2, 0.25) is 0 Å². The van der Waals surface area contributed by atoms with Crippen molar-refractivity contribution in [3.05, 3.63) is 76.7 Å². The standard InChI is InChI=1S/C21H18BrN3O2/c1-14-8-9-25-12-16(24-19(25)10-14)11-23-20(26)13-27-18-7-6-15-4-2-3-5-17(15)21(18)22/h2-10,12H,11,13H2,1H3,(H,23,26). The number of hydrogen-bond acceptors (Lipinski definition) is 3. The number of ether oxygens (including phenoxy) is 1. The van der Waals surface area contributed by atoms with Gasteiger partial charge >= 0.3 is 0 Å². The molecule has 0 saturated heterocycles. The zero-order valence-corrected chi connectivity index (χ0v) is 16.4. The van der Waals surface area contributed by atoms with Gasteiger partial charge in [0.15, 0.2) is 6.61 Å². The molecule has 2 heterocycles. The van der Waals surface area contributed by atoms with Crippen LogP contribution in [0.3, 0.4) is 0 Å². The predicted molar refractivity (Wildman–Crippen MR) is 109 cm³/mol. The molecule has 0 fully saturated rings. The molecular formula is C21H18BrN3O2. The molecular weight excluding hydrogens is 406 g/mol. The lowest BCUT2D eigenvalue weighted by Crippen LogP contribution is -2.28. The first kappa shape index (κ1) is 17.5. The van der Waals surface area contributed by atoms with Crippen LogP contribution in [-0.2, 0) is 11.3 Å². The highest BCUT2D eigenvalue weighted by Crippen LogP contribution is 2.32. The third kappa shape index (κ3) is 3.80. The summed E-state index contributed by atoms with van der Waals surface area (Å²) in [6.07, 6.45) is 3.87. The number of fused-ring (bicyclic) bond motifs is 2. The van der Waals surface area contributed by atoms with Gasteiger partial charge in [0.1, 0.15) is 11.4 Å². The second kappa shape index (κ2) is 7.40. The Balaban J connectivity index is 1.37. The average molecular weight is 424 g/mol. The second-order valence-corrected chi connectivity index (χ2v) is 7.16. The van der Waals surface area contributed by atoms with E-state index in [2.05, 4.69) is 26.2 Å². The maximum absolute atomic E-state index is 12.1. The van der Waals surface area contributed by atoms with Crippen molar-refractivity contribution in [1.82, 2.24) is 14.7 Å². The van der Waals surface area contributed by atoms with E-state index in [0.717, 1.165) is 32.1 Å². The summed E-state index contributed by atoms with van der Waals surface area (Å²) in [5.74, 6) is 0.454. The highest BCUT2D eigenvalue weighted by Gasteiger charge is 2.09. The van der Waals surface area contributed by atoms with E-state index in [1.807, 2.05) is 72.2 Å². The molecule has 0 radical (unpaired) electrons. The van der Waals surface area contributed by atoms with E-state index in [9.17, 15) is 4.79 Å². The molecule has 5 nitrogen and oxygen atoms in total. The lowest BCUT2D eigenvalue weighted by molar-refractivity contribution is -0.123. The van der Waals surface area contributed by atoms with Crippen LogP contribution in [0.15, 0.2) is 65.4 Å². The monoisotopic (exact) mass is 423 g/mol. The van der Waals surface area contributed by atoms with Crippen molar-refractivity contribution < 1.29 is 9.53 Å². The van der Waals surface area contributed by atoms with E-state index in [4.69, 9.17) is 4.74 Å². The lowest BCUT2D eigenvalue weighted by Gasteiger charge is -2.10. The summed E-state index contributed by atoms with van der Waals surface area (Å²) < 4.78 is 8.48. The SMILES string of the molecule is Cc1ccn2cc(CNC(=O)COc3ccc4ccccc4c3Br)nc2c1. The van der Waals surface area contributed by atoms with E-state index in [1.165, 1.54) is 0 Å². The Morgan fingerprint density at radius 2 is 2.07 bits per heavy atom. The number of imidazole rings is 1. The first-order valence-corrected chi connectivity index (χ1v) is 9.40. The van der Waals surface area contributed by atoms with Crippen LogP contribution in [0.5, 0.6) is 5.75 Å². The highest BCUT2D eigenvalue weighted by molar-refractivity contribution is 9.10. The number of hydrogen-bond donors (Lipinski definition) is 1. The Labute approximate surface area is 165 Å². The van der Waals surface area contributed by atoms with Gasteiger partial charge in [0, 0.05) is 12.4 Å². The molecule has 136 valence electrons. The summed E-state index contributed by atoms with van der Waals surface area (Å²) in [6, 6.07) is 15.9. The molecule has 4 aromatic rings. The Morgan fingerprint density at radius 3 is 2.96 bits per heavy atom. The fraction of sp³-hybridized carbons (Fsp3) is 0.143. The van der Waals surface area contributed by atoms with Gasteiger partial charge in [-0.15, -0.1) is 0 Å². The molecule has 2 aromatic carbocycles. The minimum absolute atomic E-state index is 0.0522. The van der Waals surface area contributed by atoms with E-state index in [1.54, 1.807) is 0 Å². The van der Waals surface area contributed by atoms with Crippen LogP contribution < -0.4 is 10.1 Å². The number of benzene rings is 2. The quantitative estimate of drug-likeness (QED) is 0.521. The molecule has 0 aliphatic heterocycles. The number of pyridine rings is 1. The van der Waals surface area contributed by atoms with Crippen LogP contribution in [0.1, 0.15) is 11.3 Å². The fourth-order valence-corrected chi connectivity index (χ4v) is 3.54. The van der Waals surface area contributed by atoms with Crippen molar-refractivity contribution in [2.45, 2.75) is 13.5 Å². The second-order valence-electron chi connectivity index (χ2n) is 6.37. The molecule has 1 amide bonds. The summed E-state index contributed by atoms with van der Waals surface area (Å²) in [5.41, 5.74) is 2.83. The van der Waals surface area contributed by atoms with E-state index in [0.29, 0.717) is 12.3 Å². The zero-order valence-electron chi connectivity index (χ0n) is 14.8. The molecule has 0 spiro atoms. The molecule has 0 unspecified atom stereocenters. The Bertz CT molecular complexity index is 1140. The molecule has 0 aliphatic rings. The summed E-state index contributed by atoms with van der Waals surface area (Å²) >= 11 is 3.56. The third-order valence-corrected chi connectivity index (χ3v) is 5.14. The molecule has 1 N–H and O–H groups in total. The topological polar surface area (TPSA) is 55.6 Å². The lowest BCUT2D eigenvalue weighted by atomic mass is 10.1. The molecule has 4 rings (SSSR count). The van der Waals surface area contributed by atoms with Gasteiger partial charge in [0.25, 0.3) is 5.91 Å². The molecule has 6 heteroatoms. The van der Waals surface area contributed by atoms with Crippen molar-refractivity contribution in [2.24, 2.45) is 0 Å². The zero-order chi connectivity index (χ0) is 18.8. The fourth-order valence-electron chi connectivity index (χ4n) is 2.93. The summed E-state index contributed by atoms with van der Waals surface area (Å²) in [7, 11) is 0. The van der Waals surface area contributed by atoms with Crippen molar-refractivity contribution in [2.75, 3.05) is 6.61 Å². The molecule has 0 saturated carbocycles. The minimum Gasteiger partial charge on any atom is -0.483 e. The third-order valence-electron chi connectivity index (χ3n) is 4.32. The van der Waals surface area contributed by atoms with Crippen LogP contribution >= 0.6 is 15.9 Å². The van der Waals surface area contributed by atoms with Gasteiger partial charge < -0.3 is 14.5 Å². The first-order chi connectivity index (χ1) is 13.1. The molecule has 0 aliphatic carbocycles. The van der Waals surface area contributed by atoms with E-state index in [-0.39, 0.29) is 12.5 Å². The van der Waals surface area contributed by atoms with Crippen molar-refractivity contribution >= 4 is 38.3 Å². The number of carbonyl (C=O) groups excluding carboxylic acids is 1. The van der Waals surface area contributed by atoms with E-state index < -0.39 is 0 Å². The van der Waals surface area contributed by atoms with Crippen molar-refractivity contribution in [3.8, 4) is 5.75 Å². The van der Waals surface area contributed by atoms with Gasteiger partial charge in [-0.25, -0.2) is 4.98 Å². The smallest absolute Gasteiger partial charge is 0.258 e. The van der Waals surface area contributed by atoms with Crippen LogP contribution in [0.2, 0.25) is 0 Å². The molecule has 27 heavy (non-hydrogen) atoms. The maximum Gasteiger partial charge on any atom is 0.258 e. The number of halogens is 1. The maximum atomic E-state index is 12.1. The number of carbonyl (C=O) groups is 1. The summed E-state index contributed by atoms with van der Waals surface area (Å²) in [6.45, 7) is 2.34. The van der Waals surface area contributed by atoms with Crippen LogP contribution in [0.25, 0.3) is 16.4 Å².